The first-order valence-electron chi connectivity index (χ1n) is 11.7. The fraction of sp³-hybridized carbons (Fsp3) is 0.385. The van der Waals surface area contributed by atoms with Crippen LogP contribution in [0.5, 0.6) is 0 Å². The number of pyridine rings is 1. The summed E-state index contributed by atoms with van der Waals surface area (Å²) in [7, 11) is 0. The lowest BCUT2D eigenvalue weighted by Gasteiger charge is -2.28. The van der Waals surface area contributed by atoms with Crippen molar-refractivity contribution in [2.24, 2.45) is 0 Å². The number of nitrogens with zero attached hydrogens (tertiary/aromatic N) is 2. The molecule has 1 aliphatic carbocycles. The largest absolute Gasteiger partial charge is 0.393 e. The van der Waals surface area contributed by atoms with Gasteiger partial charge in [-0.1, -0.05) is 18.2 Å². The highest BCUT2D eigenvalue weighted by atomic mass is 16.5. The van der Waals surface area contributed by atoms with Gasteiger partial charge in [-0.3, -0.25) is 4.79 Å². The second kappa shape index (κ2) is 9.77. The Kier molecular flexibility index (Phi) is 6.41. The van der Waals surface area contributed by atoms with Gasteiger partial charge in [-0.2, -0.15) is 0 Å². The summed E-state index contributed by atoms with van der Waals surface area (Å²) in [6.07, 6.45) is 3.17. The van der Waals surface area contributed by atoms with E-state index < -0.39 is 0 Å². The number of aliphatic hydroxyl groups excluding tert-OH is 1. The lowest BCUT2D eigenvalue weighted by Crippen LogP contribution is -2.36. The molecule has 2 aliphatic rings. The number of anilines is 3. The number of hydrogen-bond acceptors (Lipinski definition) is 6. The Morgan fingerprint density at radius 2 is 1.73 bits per heavy atom. The molecule has 1 aliphatic heterocycles. The fourth-order valence-electron chi connectivity index (χ4n) is 4.64. The first-order chi connectivity index (χ1) is 16.2. The quantitative estimate of drug-likeness (QED) is 0.548. The Bertz CT molecular complexity index is 1100. The number of hydrogen-bond donors (Lipinski definition) is 3. The molecule has 0 radical (unpaired) electrons. The molecule has 0 bridgehead atoms. The second-order valence-corrected chi connectivity index (χ2v) is 8.82. The Hall–Kier alpha value is -3.16. The normalized spacial score (nSPS) is 21.1. The Balaban J connectivity index is 1.34. The van der Waals surface area contributed by atoms with Crippen LogP contribution in [0.15, 0.2) is 54.6 Å². The van der Waals surface area contributed by atoms with Crippen molar-refractivity contribution >= 4 is 34.0 Å². The van der Waals surface area contributed by atoms with Crippen molar-refractivity contribution in [3.63, 3.8) is 0 Å². The van der Waals surface area contributed by atoms with Gasteiger partial charge in [0.2, 0.25) is 0 Å². The molecule has 7 nitrogen and oxygen atoms in total. The molecule has 3 N–H and O–H groups in total. The molecule has 2 heterocycles. The number of carbonyl (C=O) groups excluding carboxylic acids is 1. The standard InChI is InChI=1S/C26H30N4O3/c31-21-11-7-18(8-12-21)27-25-17-23(22-3-1-2-4-24(22)29-25)26(32)28-19-5-9-20(10-6-19)30-13-15-33-16-14-30/h1-6,9-10,17-18,21,31H,7-8,11-16H2,(H,27,29)(H,28,32). The van der Waals surface area contributed by atoms with Gasteiger partial charge in [0.05, 0.1) is 30.4 Å². The molecule has 172 valence electrons. The summed E-state index contributed by atoms with van der Waals surface area (Å²) < 4.78 is 5.42. The number of morpholine rings is 1. The van der Waals surface area contributed by atoms with Crippen LogP contribution in [0.3, 0.4) is 0 Å². The summed E-state index contributed by atoms with van der Waals surface area (Å²) in [6, 6.07) is 17.8. The van der Waals surface area contributed by atoms with Gasteiger partial charge in [-0.05, 0) is 62.1 Å². The second-order valence-electron chi connectivity index (χ2n) is 8.82. The van der Waals surface area contributed by atoms with Crippen LogP contribution < -0.4 is 15.5 Å². The smallest absolute Gasteiger partial charge is 0.256 e. The Morgan fingerprint density at radius 3 is 2.48 bits per heavy atom. The lowest BCUT2D eigenvalue weighted by molar-refractivity contribution is 0.102. The van der Waals surface area contributed by atoms with Gasteiger partial charge in [0.15, 0.2) is 0 Å². The zero-order chi connectivity index (χ0) is 22.6. The summed E-state index contributed by atoms with van der Waals surface area (Å²) in [5.41, 5.74) is 3.27. The minimum Gasteiger partial charge on any atom is -0.393 e. The molecule has 1 saturated carbocycles. The van der Waals surface area contributed by atoms with E-state index in [0.717, 1.165) is 74.3 Å². The molecule has 7 heteroatoms. The molecule has 0 unspecified atom stereocenters. The number of benzene rings is 2. The average molecular weight is 447 g/mol. The third-order valence-corrected chi connectivity index (χ3v) is 6.51. The summed E-state index contributed by atoms with van der Waals surface area (Å²) in [4.78, 5) is 20.3. The predicted molar refractivity (Wildman–Crippen MR) is 131 cm³/mol. The number of amides is 1. The number of ether oxygens (including phenoxy) is 1. The minimum atomic E-state index is -0.205. The van der Waals surface area contributed by atoms with E-state index in [-0.39, 0.29) is 18.1 Å². The molecule has 2 aromatic carbocycles. The van der Waals surface area contributed by atoms with E-state index in [1.165, 1.54) is 0 Å². The van der Waals surface area contributed by atoms with Gasteiger partial charge in [-0.15, -0.1) is 0 Å². The van der Waals surface area contributed by atoms with Gasteiger partial charge in [0.1, 0.15) is 5.82 Å². The summed E-state index contributed by atoms with van der Waals surface area (Å²) in [5, 5.41) is 17.1. The summed E-state index contributed by atoms with van der Waals surface area (Å²) in [5.74, 6) is 0.540. The van der Waals surface area contributed by atoms with E-state index in [0.29, 0.717) is 11.4 Å². The maximum atomic E-state index is 13.3. The molecule has 1 amide bonds. The molecule has 33 heavy (non-hydrogen) atoms. The highest BCUT2D eigenvalue weighted by Gasteiger charge is 2.21. The zero-order valence-electron chi connectivity index (χ0n) is 18.7. The van der Waals surface area contributed by atoms with Crippen molar-refractivity contribution in [2.75, 3.05) is 41.8 Å². The van der Waals surface area contributed by atoms with E-state index in [9.17, 15) is 9.90 Å². The van der Waals surface area contributed by atoms with Crippen LogP contribution in [0.2, 0.25) is 0 Å². The van der Waals surface area contributed by atoms with Gasteiger partial charge in [0, 0.05) is 35.9 Å². The molecule has 3 aromatic rings. The van der Waals surface area contributed by atoms with Gasteiger partial charge in [0.25, 0.3) is 5.91 Å². The number of rotatable bonds is 5. The number of carbonyl (C=O) groups is 1. The summed E-state index contributed by atoms with van der Waals surface area (Å²) in [6.45, 7) is 3.24. The van der Waals surface area contributed by atoms with E-state index in [1.54, 1.807) is 0 Å². The van der Waals surface area contributed by atoms with Gasteiger partial charge in [-0.25, -0.2) is 4.98 Å². The van der Waals surface area contributed by atoms with Crippen molar-refractivity contribution in [3.05, 3.63) is 60.2 Å². The van der Waals surface area contributed by atoms with Crippen LogP contribution in [0.1, 0.15) is 36.0 Å². The van der Waals surface area contributed by atoms with Crippen molar-refractivity contribution < 1.29 is 14.6 Å². The average Bonchev–Trinajstić information content (AvgIpc) is 2.86. The molecular formula is C26H30N4O3. The van der Waals surface area contributed by atoms with Crippen molar-refractivity contribution in [2.45, 2.75) is 37.8 Å². The number of fused-ring (bicyclic) bond motifs is 1. The van der Waals surface area contributed by atoms with Gasteiger partial charge < -0.3 is 25.4 Å². The number of para-hydroxylation sites is 1. The molecule has 0 spiro atoms. The molecular weight excluding hydrogens is 416 g/mol. The molecule has 2 fully saturated rings. The Labute approximate surface area is 193 Å². The topological polar surface area (TPSA) is 86.7 Å². The molecule has 1 saturated heterocycles. The fourth-order valence-corrected chi connectivity index (χ4v) is 4.64. The monoisotopic (exact) mass is 446 g/mol. The minimum absolute atomic E-state index is 0.158. The maximum Gasteiger partial charge on any atom is 0.256 e. The zero-order valence-corrected chi connectivity index (χ0v) is 18.7. The van der Waals surface area contributed by atoms with Crippen molar-refractivity contribution in [3.8, 4) is 0 Å². The van der Waals surface area contributed by atoms with Crippen LogP contribution >= 0.6 is 0 Å². The SMILES string of the molecule is O=C(Nc1ccc(N2CCOCC2)cc1)c1cc(NC2CCC(O)CC2)nc2ccccc12. The van der Waals surface area contributed by atoms with Crippen LogP contribution in [-0.4, -0.2) is 54.4 Å². The van der Waals surface area contributed by atoms with Crippen LogP contribution in [-0.2, 0) is 4.74 Å². The van der Waals surface area contributed by atoms with Gasteiger partial charge >= 0.3 is 0 Å². The molecule has 1 aromatic heterocycles. The highest BCUT2D eigenvalue weighted by Crippen LogP contribution is 2.26. The molecule has 0 atom stereocenters. The third-order valence-electron chi connectivity index (χ3n) is 6.51. The van der Waals surface area contributed by atoms with Crippen LogP contribution in [0.25, 0.3) is 10.9 Å². The Morgan fingerprint density at radius 1 is 1.00 bits per heavy atom. The number of aromatic nitrogens is 1. The number of nitrogens with one attached hydrogen (secondary N) is 2. The number of aliphatic hydroxyl groups is 1. The van der Waals surface area contributed by atoms with Crippen LogP contribution in [0.4, 0.5) is 17.2 Å². The first kappa shape index (κ1) is 21.7. The van der Waals surface area contributed by atoms with Crippen molar-refractivity contribution in [1.82, 2.24) is 4.98 Å². The van der Waals surface area contributed by atoms with Crippen molar-refractivity contribution in [1.29, 1.82) is 0 Å². The first-order valence-corrected chi connectivity index (χ1v) is 11.7. The molecule has 5 rings (SSSR count). The van der Waals surface area contributed by atoms with E-state index in [1.807, 2.05) is 54.6 Å². The van der Waals surface area contributed by atoms with Crippen LogP contribution in [0, 0.1) is 0 Å². The van der Waals surface area contributed by atoms with E-state index in [2.05, 4.69) is 15.5 Å². The highest BCUT2D eigenvalue weighted by molar-refractivity contribution is 6.13. The lowest BCUT2D eigenvalue weighted by atomic mass is 9.93. The van der Waals surface area contributed by atoms with E-state index >= 15 is 0 Å². The third kappa shape index (κ3) is 5.10. The van der Waals surface area contributed by atoms with E-state index in [4.69, 9.17) is 9.72 Å². The summed E-state index contributed by atoms with van der Waals surface area (Å²) >= 11 is 0. The maximum absolute atomic E-state index is 13.3. The predicted octanol–water partition coefficient (Wildman–Crippen LogP) is 4.04.